The van der Waals surface area contributed by atoms with Gasteiger partial charge in [0.15, 0.2) is 0 Å². The number of carbonyl (C=O) groups is 2. The Kier molecular flexibility index (Phi) is 3.57. The number of fused-ring (bicyclic) bond motifs is 1. The summed E-state index contributed by atoms with van der Waals surface area (Å²) in [6.45, 7) is -0.110. The van der Waals surface area contributed by atoms with Gasteiger partial charge in [-0.25, -0.2) is 9.18 Å². The minimum Gasteiger partial charge on any atom is -0.361 e. The van der Waals surface area contributed by atoms with E-state index in [2.05, 4.69) is 10.3 Å². The first-order valence-corrected chi connectivity index (χ1v) is 7.77. The Hall–Kier alpha value is -3.41. The molecule has 4 rings (SSSR count). The molecule has 1 aromatic heterocycles. The van der Waals surface area contributed by atoms with Crippen LogP contribution < -0.4 is 5.32 Å². The SMILES string of the molecule is O=C1NC(=Cc2cccc3cc[nH]c23)C(=O)N1Cc1ccccc1F. The number of aromatic amines is 1. The largest absolute Gasteiger partial charge is 0.361 e. The van der Waals surface area contributed by atoms with Crippen molar-refractivity contribution in [3.63, 3.8) is 0 Å². The van der Waals surface area contributed by atoms with Crippen LogP contribution in [-0.4, -0.2) is 21.8 Å². The second kappa shape index (κ2) is 5.90. The summed E-state index contributed by atoms with van der Waals surface area (Å²) in [6, 6.07) is 13.1. The number of rotatable bonds is 3. The molecular formula is C19H14FN3O2. The molecule has 2 heterocycles. The maximum absolute atomic E-state index is 13.8. The van der Waals surface area contributed by atoms with Crippen LogP contribution in [0.2, 0.25) is 0 Å². The number of amides is 3. The molecule has 0 bridgehead atoms. The van der Waals surface area contributed by atoms with E-state index in [-0.39, 0.29) is 12.2 Å². The van der Waals surface area contributed by atoms with Gasteiger partial charge in [-0.2, -0.15) is 0 Å². The summed E-state index contributed by atoms with van der Waals surface area (Å²) in [7, 11) is 0. The molecule has 2 aromatic carbocycles. The maximum atomic E-state index is 13.8. The average Bonchev–Trinajstić information content (AvgIpc) is 3.18. The lowest BCUT2D eigenvalue weighted by Crippen LogP contribution is -2.30. The van der Waals surface area contributed by atoms with Crippen molar-refractivity contribution in [1.29, 1.82) is 0 Å². The van der Waals surface area contributed by atoms with Crippen LogP contribution in [0, 0.1) is 5.82 Å². The average molecular weight is 335 g/mol. The van der Waals surface area contributed by atoms with E-state index in [1.165, 1.54) is 6.07 Å². The number of hydrogen-bond donors (Lipinski definition) is 2. The fraction of sp³-hybridized carbons (Fsp3) is 0.0526. The molecule has 1 aliphatic heterocycles. The second-order valence-electron chi connectivity index (χ2n) is 5.76. The summed E-state index contributed by atoms with van der Waals surface area (Å²) in [4.78, 5) is 28.8. The van der Waals surface area contributed by atoms with Crippen molar-refractivity contribution in [2.75, 3.05) is 0 Å². The van der Waals surface area contributed by atoms with Crippen molar-refractivity contribution in [3.8, 4) is 0 Å². The fourth-order valence-electron chi connectivity index (χ4n) is 2.90. The number of nitrogens with one attached hydrogen (secondary N) is 2. The smallest absolute Gasteiger partial charge is 0.329 e. The maximum Gasteiger partial charge on any atom is 0.329 e. The van der Waals surface area contributed by atoms with E-state index in [1.807, 2.05) is 30.5 Å². The normalized spacial score (nSPS) is 16.0. The standard InChI is InChI=1S/C19H14FN3O2/c20-15-7-2-1-4-14(15)11-23-18(24)16(22-19(23)25)10-13-6-3-5-12-8-9-21-17(12)13/h1-10,21H,11H2,(H,22,25). The molecule has 0 spiro atoms. The van der Waals surface area contributed by atoms with Crippen molar-refractivity contribution < 1.29 is 14.0 Å². The van der Waals surface area contributed by atoms with Gasteiger partial charge < -0.3 is 10.3 Å². The predicted molar refractivity (Wildman–Crippen MR) is 91.8 cm³/mol. The number of nitrogens with zero attached hydrogens (tertiary/aromatic N) is 1. The van der Waals surface area contributed by atoms with Gasteiger partial charge >= 0.3 is 6.03 Å². The third-order valence-electron chi connectivity index (χ3n) is 4.17. The zero-order valence-electron chi connectivity index (χ0n) is 13.1. The van der Waals surface area contributed by atoms with E-state index >= 15 is 0 Å². The second-order valence-corrected chi connectivity index (χ2v) is 5.76. The Labute approximate surface area is 142 Å². The Morgan fingerprint density at radius 1 is 1.04 bits per heavy atom. The van der Waals surface area contributed by atoms with E-state index < -0.39 is 17.8 Å². The van der Waals surface area contributed by atoms with Gasteiger partial charge in [0.2, 0.25) is 0 Å². The molecule has 1 saturated heterocycles. The highest BCUT2D eigenvalue weighted by molar-refractivity contribution is 6.14. The summed E-state index contributed by atoms with van der Waals surface area (Å²) in [5.41, 5.74) is 2.13. The number of imide groups is 1. The Morgan fingerprint density at radius 2 is 1.88 bits per heavy atom. The molecule has 1 aliphatic rings. The van der Waals surface area contributed by atoms with E-state index in [0.717, 1.165) is 21.4 Å². The number of hydrogen-bond acceptors (Lipinski definition) is 2. The molecule has 3 aromatic rings. The van der Waals surface area contributed by atoms with E-state index in [4.69, 9.17) is 0 Å². The zero-order valence-corrected chi connectivity index (χ0v) is 13.1. The summed E-state index contributed by atoms with van der Waals surface area (Å²) >= 11 is 0. The topological polar surface area (TPSA) is 65.2 Å². The van der Waals surface area contributed by atoms with Gasteiger partial charge in [0.05, 0.1) is 12.1 Å². The molecular weight excluding hydrogens is 321 g/mol. The van der Waals surface area contributed by atoms with Crippen LogP contribution in [0.1, 0.15) is 11.1 Å². The van der Waals surface area contributed by atoms with Gasteiger partial charge in [-0.1, -0.05) is 36.4 Å². The lowest BCUT2D eigenvalue weighted by molar-refractivity contribution is -0.123. The first-order valence-electron chi connectivity index (χ1n) is 7.77. The van der Waals surface area contributed by atoms with Crippen LogP contribution >= 0.6 is 0 Å². The van der Waals surface area contributed by atoms with Gasteiger partial charge in [-0.3, -0.25) is 9.69 Å². The summed E-state index contributed by atoms with van der Waals surface area (Å²) in [5, 5.41) is 3.57. The van der Waals surface area contributed by atoms with Crippen LogP contribution in [0.25, 0.3) is 17.0 Å². The number of carbonyl (C=O) groups excluding carboxylic acids is 2. The van der Waals surface area contributed by atoms with Gasteiger partial charge in [0.1, 0.15) is 11.5 Å². The molecule has 5 nitrogen and oxygen atoms in total. The molecule has 0 saturated carbocycles. The number of para-hydroxylation sites is 1. The number of aromatic nitrogens is 1. The highest BCUT2D eigenvalue weighted by Gasteiger charge is 2.34. The highest BCUT2D eigenvalue weighted by atomic mass is 19.1. The quantitative estimate of drug-likeness (QED) is 0.569. The lowest BCUT2D eigenvalue weighted by atomic mass is 10.1. The fourth-order valence-corrected chi connectivity index (χ4v) is 2.90. The van der Waals surface area contributed by atoms with E-state index in [0.29, 0.717) is 5.56 Å². The van der Waals surface area contributed by atoms with Crippen molar-refractivity contribution in [2.24, 2.45) is 0 Å². The zero-order chi connectivity index (χ0) is 17.4. The minimum atomic E-state index is -0.557. The summed E-state index contributed by atoms with van der Waals surface area (Å²) < 4.78 is 13.8. The van der Waals surface area contributed by atoms with Crippen LogP contribution in [0.3, 0.4) is 0 Å². The molecule has 0 atom stereocenters. The number of benzene rings is 2. The Balaban J connectivity index is 1.65. The minimum absolute atomic E-state index is 0.110. The molecule has 6 heteroatoms. The first kappa shape index (κ1) is 15.1. The van der Waals surface area contributed by atoms with Crippen molar-refractivity contribution in [1.82, 2.24) is 15.2 Å². The molecule has 1 fully saturated rings. The predicted octanol–water partition coefficient (Wildman–Crippen LogP) is 3.40. The molecule has 2 N–H and O–H groups in total. The Bertz CT molecular complexity index is 1020. The third-order valence-corrected chi connectivity index (χ3v) is 4.17. The van der Waals surface area contributed by atoms with E-state index in [9.17, 15) is 14.0 Å². The molecule has 25 heavy (non-hydrogen) atoms. The van der Waals surface area contributed by atoms with Crippen LogP contribution in [0.5, 0.6) is 0 Å². The van der Waals surface area contributed by atoms with Crippen molar-refractivity contribution in [2.45, 2.75) is 6.54 Å². The summed E-state index contributed by atoms with van der Waals surface area (Å²) in [6.07, 6.45) is 3.44. The van der Waals surface area contributed by atoms with Crippen LogP contribution in [-0.2, 0) is 11.3 Å². The monoisotopic (exact) mass is 335 g/mol. The molecule has 0 unspecified atom stereocenters. The number of H-pyrrole nitrogens is 1. The van der Waals surface area contributed by atoms with Crippen molar-refractivity contribution >= 4 is 28.9 Å². The highest BCUT2D eigenvalue weighted by Crippen LogP contribution is 2.22. The van der Waals surface area contributed by atoms with Gasteiger partial charge in [0.25, 0.3) is 5.91 Å². The van der Waals surface area contributed by atoms with Gasteiger partial charge in [-0.05, 0) is 23.6 Å². The van der Waals surface area contributed by atoms with Gasteiger partial charge in [-0.15, -0.1) is 0 Å². The van der Waals surface area contributed by atoms with E-state index in [1.54, 1.807) is 24.3 Å². The molecule has 0 aliphatic carbocycles. The number of urea groups is 1. The van der Waals surface area contributed by atoms with Crippen LogP contribution in [0.4, 0.5) is 9.18 Å². The third kappa shape index (κ3) is 2.67. The van der Waals surface area contributed by atoms with Gasteiger partial charge in [0, 0.05) is 17.3 Å². The Morgan fingerprint density at radius 3 is 2.72 bits per heavy atom. The summed E-state index contributed by atoms with van der Waals surface area (Å²) in [5.74, 6) is -0.923. The first-order chi connectivity index (χ1) is 12.1. The van der Waals surface area contributed by atoms with Crippen molar-refractivity contribution in [3.05, 3.63) is 77.4 Å². The van der Waals surface area contributed by atoms with Crippen LogP contribution in [0.15, 0.2) is 60.4 Å². The lowest BCUT2D eigenvalue weighted by Gasteiger charge is -2.12. The molecule has 0 radical (unpaired) electrons. The molecule has 124 valence electrons. The molecule has 3 amide bonds. The number of halogens is 1.